The van der Waals surface area contributed by atoms with Crippen LogP contribution in [0.3, 0.4) is 0 Å². The van der Waals surface area contributed by atoms with Crippen LogP contribution in [-0.4, -0.2) is 12.0 Å². The van der Waals surface area contributed by atoms with E-state index in [-0.39, 0.29) is 18.1 Å². The van der Waals surface area contributed by atoms with Gasteiger partial charge in [-0.05, 0) is 98.8 Å². The molecular weight excluding hydrogens is 386 g/mol. The van der Waals surface area contributed by atoms with E-state index in [1.54, 1.807) is 6.92 Å². The third-order valence-electron chi connectivity index (χ3n) is 5.09. The fourth-order valence-corrected chi connectivity index (χ4v) is 3.64. The Labute approximate surface area is 185 Å². The third-order valence-corrected chi connectivity index (χ3v) is 5.09. The van der Waals surface area contributed by atoms with Gasteiger partial charge >= 0.3 is 0 Å². The van der Waals surface area contributed by atoms with E-state index < -0.39 is 0 Å². The molecule has 1 atom stereocenters. The van der Waals surface area contributed by atoms with Crippen molar-refractivity contribution in [2.24, 2.45) is 0 Å². The summed E-state index contributed by atoms with van der Waals surface area (Å²) < 4.78 is 11.7. The Morgan fingerprint density at radius 1 is 0.774 bits per heavy atom. The summed E-state index contributed by atoms with van der Waals surface area (Å²) in [5, 5.41) is 2.94. The normalized spacial score (nSPS) is 11.8. The molecule has 0 aliphatic heterocycles. The molecule has 0 fully saturated rings. The van der Waals surface area contributed by atoms with Gasteiger partial charge in [0.2, 0.25) is 5.91 Å². The lowest BCUT2D eigenvalue weighted by Gasteiger charge is -2.17. The predicted molar refractivity (Wildman–Crippen MR) is 126 cm³/mol. The lowest BCUT2D eigenvalue weighted by Crippen LogP contribution is -2.23. The van der Waals surface area contributed by atoms with Crippen molar-refractivity contribution in [1.29, 1.82) is 0 Å². The summed E-state index contributed by atoms with van der Waals surface area (Å²) >= 11 is 0. The highest BCUT2D eigenvalue weighted by Gasteiger charge is 2.11. The van der Waals surface area contributed by atoms with Gasteiger partial charge in [-0.1, -0.05) is 24.3 Å². The largest absolute Gasteiger partial charge is 0.491 e. The summed E-state index contributed by atoms with van der Waals surface area (Å²) in [5.74, 6) is 2.38. The zero-order valence-corrected chi connectivity index (χ0v) is 19.2. The van der Waals surface area contributed by atoms with Crippen LogP contribution in [0.1, 0.15) is 50.4 Å². The molecule has 1 N–H and O–H groups in total. The minimum Gasteiger partial charge on any atom is -0.491 e. The smallest absolute Gasteiger partial charge is 0.217 e. The first-order valence-corrected chi connectivity index (χ1v) is 10.7. The molecule has 0 saturated carbocycles. The van der Waals surface area contributed by atoms with Gasteiger partial charge in [-0.2, -0.15) is 0 Å². The Morgan fingerprint density at radius 3 is 1.87 bits per heavy atom. The van der Waals surface area contributed by atoms with Crippen LogP contribution < -0.4 is 14.8 Å². The molecule has 0 aromatic heterocycles. The van der Waals surface area contributed by atoms with Crippen molar-refractivity contribution in [2.75, 3.05) is 0 Å². The lowest BCUT2D eigenvalue weighted by atomic mass is 9.93. The zero-order valence-electron chi connectivity index (χ0n) is 19.2. The zero-order chi connectivity index (χ0) is 22.5. The van der Waals surface area contributed by atoms with Gasteiger partial charge in [-0.15, -0.1) is 0 Å². The van der Waals surface area contributed by atoms with Gasteiger partial charge in [0, 0.05) is 6.92 Å². The van der Waals surface area contributed by atoms with Gasteiger partial charge in [0.25, 0.3) is 0 Å². The number of amides is 1. The fourth-order valence-electron chi connectivity index (χ4n) is 3.64. The molecule has 1 amide bonds. The van der Waals surface area contributed by atoms with Crippen LogP contribution >= 0.6 is 0 Å². The Kier molecular flexibility index (Phi) is 7.01. The molecule has 1 unspecified atom stereocenters. The van der Waals surface area contributed by atoms with E-state index >= 15 is 0 Å². The molecule has 0 aliphatic carbocycles. The first kappa shape index (κ1) is 22.4. The molecule has 3 rings (SSSR count). The fraction of sp³-hybridized carbons (Fsp3) is 0.296. The van der Waals surface area contributed by atoms with Crippen molar-refractivity contribution < 1.29 is 14.3 Å². The van der Waals surface area contributed by atoms with Crippen molar-refractivity contribution >= 4 is 5.91 Å². The van der Waals surface area contributed by atoms with E-state index in [1.165, 1.54) is 16.7 Å². The number of aryl methyl sites for hydroxylation is 2. The van der Waals surface area contributed by atoms with Crippen LogP contribution in [0.25, 0.3) is 11.1 Å². The number of hydrogen-bond donors (Lipinski definition) is 1. The van der Waals surface area contributed by atoms with Crippen molar-refractivity contribution in [1.82, 2.24) is 5.32 Å². The summed E-state index contributed by atoms with van der Waals surface area (Å²) in [6, 6.07) is 20.1. The Balaban J connectivity index is 1.77. The second-order valence-corrected chi connectivity index (χ2v) is 8.21. The van der Waals surface area contributed by atoms with Crippen LogP contribution in [0, 0.1) is 13.8 Å². The maximum Gasteiger partial charge on any atom is 0.217 e. The monoisotopic (exact) mass is 417 g/mol. The van der Waals surface area contributed by atoms with Gasteiger partial charge in [0.1, 0.15) is 17.2 Å². The number of nitrogens with one attached hydrogen (secondary N) is 1. The van der Waals surface area contributed by atoms with Crippen molar-refractivity contribution in [3.63, 3.8) is 0 Å². The van der Waals surface area contributed by atoms with Crippen LogP contribution in [0.4, 0.5) is 0 Å². The van der Waals surface area contributed by atoms with E-state index in [1.807, 2.05) is 51.1 Å². The number of carbonyl (C=O) groups is 1. The maximum absolute atomic E-state index is 11.3. The Hall–Kier alpha value is -3.27. The van der Waals surface area contributed by atoms with Gasteiger partial charge in [0.05, 0.1) is 12.1 Å². The van der Waals surface area contributed by atoms with Gasteiger partial charge in [0.15, 0.2) is 0 Å². The van der Waals surface area contributed by atoms with E-state index in [4.69, 9.17) is 9.47 Å². The second kappa shape index (κ2) is 9.69. The summed E-state index contributed by atoms with van der Waals surface area (Å²) in [6.07, 6.45) is 0.146. The van der Waals surface area contributed by atoms with Crippen LogP contribution in [0.2, 0.25) is 0 Å². The van der Waals surface area contributed by atoms with Crippen molar-refractivity contribution in [3.05, 3.63) is 77.4 Å². The van der Waals surface area contributed by atoms with Gasteiger partial charge < -0.3 is 14.8 Å². The molecule has 0 aliphatic rings. The van der Waals surface area contributed by atoms with E-state index in [2.05, 4.69) is 49.5 Å². The molecule has 4 nitrogen and oxygen atoms in total. The van der Waals surface area contributed by atoms with E-state index in [0.717, 1.165) is 28.4 Å². The van der Waals surface area contributed by atoms with Crippen LogP contribution in [-0.2, 0) is 4.79 Å². The van der Waals surface area contributed by atoms with E-state index in [9.17, 15) is 4.79 Å². The molecule has 0 bridgehead atoms. The van der Waals surface area contributed by atoms with E-state index in [0.29, 0.717) is 0 Å². The predicted octanol–water partition coefficient (Wildman–Crippen LogP) is 6.75. The van der Waals surface area contributed by atoms with Crippen LogP contribution in [0.5, 0.6) is 17.2 Å². The molecule has 31 heavy (non-hydrogen) atoms. The SMILES string of the molecule is CC(=O)NC(C)c1ccc(-c2ccc(Oc3ccc(OC(C)C)cc3)cc2C)c(C)c1. The highest BCUT2D eigenvalue weighted by Crippen LogP contribution is 2.32. The molecule has 4 heteroatoms. The van der Waals surface area contributed by atoms with Crippen molar-refractivity contribution in [2.45, 2.75) is 53.7 Å². The number of carbonyl (C=O) groups excluding carboxylic acids is 1. The number of hydrogen-bond acceptors (Lipinski definition) is 3. The van der Waals surface area contributed by atoms with Gasteiger partial charge in [-0.3, -0.25) is 4.79 Å². The first-order chi connectivity index (χ1) is 14.7. The Bertz CT molecular complexity index is 1050. The lowest BCUT2D eigenvalue weighted by molar-refractivity contribution is -0.119. The average molecular weight is 418 g/mol. The number of rotatable bonds is 7. The molecule has 162 valence electrons. The average Bonchev–Trinajstić information content (AvgIpc) is 2.69. The van der Waals surface area contributed by atoms with Gasteiger partial charge in [-0.25, -0.2) is 0 Å². The topological polar surface area (TPSA) is 47.6 Å². The molecule has 0 spiro atoms. The summed E-state index contributed by atoms with van der Waals surface area (Å²) in [5.41, 5.74) is 5.76. The third kappa shape index (κ3) is 5.88. The maximum atomic E-state index is 11.3. The summed E-state index contributed by atoms with van der Waals surface area (Å²) in [6.45, 7) is 11.7. The molecule has 3 aromatic carbocycles. The molecule has 0 saturated heterocycles. The Morgan fingerprint density at radius 2 is 1.32 bits per heavy atom. The highest BCUT2D eigenvalue weighted by molar-refractivity contribution is 5.74. The molecule has 3 aromatic rings. The first-order valence-electron chi connectivity index (χ1n) is 10.7. The second-order valence-electron chi connectivity index (χ2n) is 8.21. The number of benzene rings is 3. The number of ether oxygens (including phenoxy) is 2. The minimum atomic E-state index is -0.0252. The van der Waals surface area contributed by atoms with Crippen molar-refractivity contribution in [3.8, 4) is 28.4 Å². The quantitative estimate of drug-likeness (QED) is 0.463. The molecule has 0 heterocycles. The standard InChI is InChI=1S/C27H31NO3/c1-17(2)30-23-8-10-24(11-9-23)31-25-12-14-27(19(4)16-25)26-13-7-22(15-18(26)3)20(5)28-21(6)29/h7-17,20H,1-6H3,(H,28,29). The highest BCUT2D eigenvalue weighted by atomic mass is 16.5. The summed E-state index contributed by atoms with van der Waals surface area (Å²) in [4.78, 5) is 11.3. The van der Waals surface area contributed by atoms with Crippen LogP contribution in [0.15, 0.2) is 60.7 Å². The minimum absolute atomic E-state index is 0.0144. The summed E-state index contributed by atoms with van der Waals surface area (Å²) in [7, 11) is 0. The molecule has 0 radical (unpaired) electrons. The molecular formula is C27H31NO3.